The van der Waals surface area contributed by atoms with E-state index >= 15 is 0 Å². The van der Waals surface area contributed by atoms with Crippen LogP contribution in [0.25, 0.3) is 0 Å². The van der Waals surface area contributed by atoms with Crippen LogP contribution in [0, 0.1) is 17.3 Å². The minimum atomic E-state index is -2.45. The zero-order chi connectivity index (χ0) is 15.7. The topological polar surface area (TPSA) is 9.23 Å². The first-order valence-corrected chi connectivity index (χ1v) is 8.41. The summed E-state index contributed by atoms with van der Waals surface area (Å²) >= 11 is 0. The Morgan fingerprint density at radius 3 is 2.38 bits per heavy atom. The number of ether oxygens (including phenoxy) is 1. The van der Waals surface area contributed by atoms with Gasteiger partial charge in [0.15, 0.2) is 0 Å². The third kappa shape index (κ3) is 4.77. The van der Waals surface area contributed by atoms with Gasteiger partial charge in [-0.1, -0.05) is 25.5 Å². The van der Waals surface area contributed by atoms with E-state index in [9.17, 15) is 8.78 Å². The number of hydrogen-bond acceptors (Lipinski definition) is 1. The molecular weight excluding hydrogens is 270 g/mol. The van der Waals surface area contributed by atoms with E-state index in [0.29, 0.717) is 0 Å². The third-order valence-electron chi connectivity index (χ3n) is 5.17. The number of hydrogen-bond donors (Lipinski definition) is 0. The zero-order valence-electron chi connectivity index (χ0n) is 13.8. The molecule has 2 atom stereocenters. The largest absolute Gasteiger partial charge is 0.378 e. The number of alkyl halides is 2. The van der Waals surface area contributed by atoms with Gasteiger partial charge in [-0.25, -0.2) is 8.78 Å². The minimum Gasteiger partial charge on any atom is -0.378 e. The van der Waals surface area contributed by atoms with Crippen LogP contribution >= 0.6 is 0 Å². The Kier molecular flexibility index (Phi) is 5.12. The molecule has 2 aliphatic carbocycles. The molecule has 0 aromatic carbocycles. The van der Waals surface area contributed by atoms with Crippen molar-refractivity contribution in [3.8, 4) is 0 Å². The zero-order valence-corrected chi connectivity index (χ0v) is 13.8. The Balaban J connectivity index is 1.82. The molecule has 2 fully saturated rings. The highest BCUT2D eigenvalue weighted by atomic mass is 19.3. The fourth-order valence-corrected chi connectivity index (χ4v) is 3.77. The number of halogens is 2. The van der Waals surface area contributed by atoms with Crippen molar-refractivity contribution in [1.29, 1.82) is 0 Å². The average Bonchev–Trinajstić information content (AvgIpc) is 3.05. The Hall–Kier alpha value is -0.440. The van der Waals surface area contributed by atoms with E-state index in [1.165, 1.54) is 12.8 Å². The van der Waals surface area contributed by atoms with Crippen molar-refractivity contribution < 1.29 is 13.5 Å². The molecule has 0 aromatic heterocycles. The molecule has 2 saturated carbocycles. The molecule has 0 radical (unpaired) electrons. The van der Waals surface area contributed by atoms with Gasteiger partial charge in [-0.2, -0.15) is 0 Å². The Bertz CT molecular complexity index is 371. The van der Waals surface area contributed by atoms with Gasteiger partial charge in [-0.05, 0) is 56.8 Å². The molecule has 2 rings (SSSR count). The lowest BCUT2D eigenvalue weighted by Gasteiger charge is -2.22. The fraction of sp³-hybridized carbons (Fsp3) is 0.889. The van der Waals surface area contributed by atoms with Gasteiger partial charge in [-0.15, -0.1) is 0 Å². The minimum absolute atomic E-state index is 0.0556. The first-order chi connectivity index (χ1) is 9.75. The summed E-state index contributed by atoms with van der Waals surface area (Å²) in [4.78, 5) is 0. The van der Waals surface area contributed by atoms with Crippen molar-refractivity contribution >= 4 is 0 Å². The predicted molar refractivity (Wildman–Crippen MR) is 82.6 cm³/mol. The van der Waals surface area contributed by atoms with Gasteiger partial charge in [0.05, 0.1) is 12.7 Å². The van der Waals surface area contributed by atoms with Crippen LogP contribution in [0.4, 0.5) is 8.78 Å². The summed E-state index contributed by atoms with van der Waals surface area (Å²) < 4.78 is 32.9. The third-order valence-corrected chi connectivity index (χ3v) is 5.17. The van der Waals surface area contributed by atoms with Crippen molar-refractivity contribution in [2.45, 2.75) is 77.7 Å². The molecular formula is C18H30F2O. The molecule has 0 spiro atoms. The maximum atomic E-state index is 13.6. The Morgan fingerprint density at radius 2 is 1.86 bits per heavy atom. The first kappa shape index (κ1) is 16.9. The van der Waals surface area contributed by atoms with Gasteiger partial charge >= 0.3 is 0 Å². The monoisotopic (exact) mass is 300 g/mol. The van der Waals surface area contributed by atoms with Crippen molar-refractivity contribution in [2.75, 3.05) is 6.61 Å². The Labute approximate surface area is 128 Å². The van der Waals surface area contributed by atoms with E-state index in [1.54, 1.807) is 0 Å². The molecule has 3 heteroatoms. The summed E-state index contributed by atoms with van der Waals surface area (Å²) in [5.41, 5.74) is 1.42. The normalized spacial score (nSPS) is 29.8. The van der Waals surface area contributed by atoms with Crippen LogP contribution in [0.5, 0.6) is 0 Å². The van der Waals surface area contributed by atoms with Gasteiger partial charge in [0.2, 0.25) is 5.92 Å². The molecule has 1 nitrogen and oxygen atoms in total. The smallest absolute Gasteiger partial charge is 0.248 e. The van der Waals surface area contributed by atoms with Gasteiger partial charge in [0.1, 0.15) is 0 Å². The van der Waals surface area contributed by atoms with Crippen molar-refractivity contribution in [3.05, 3.63) is 12.2 Å². The molecule has 21 heavy (non-hydrogen) atoms. The van der Waals surface area contributed by atoms with E-state index in [1.807, 2.05) is 6.92 Å². The van der Waals surface area contributed by atoms with E-state index < -0.39 is 5.92 Å². The highest BCUT2D eigenvalue weighted by Crippen LogP contribution is 2.53. The second kappa shape index (κ2) is 6.36. The lowest BCUT2D eigenvalue weighted by molar-refractivity contribution is 0.00228. The SMILES string of the molecule is C=C(CC1CC(F)(F)CC1CC)CC1(COC(C)C)CC1. The second-order valence-electron chi connectivity index (χ2n) is 7.68. The summed E-state index contributed by atoms with van der Waals surface area (Å²) in [5.74, 6) is -2.16. The molecule has 122 valence electrons. The van der Waals surface area contributed by atoms with E-state index in [-0.39, 0.29) is 36.2 Å². The summed E-state index contributed by atoms with van der Waals surface area (Å²) in [6, 6.07) is 0. The molecule has 0 N–H and O–H groups in total. The molecule has 0 aliphatic heterocycles. The first-order valence-electron chi connectivity index (χ1n) is 8.41. The quantitative estimate of drug-likeness (QED) is 0.530. The standard InChI is InChI=1S/C18H30F2O/c1-5-15-10-18(19,20)11-16(15)8-14(4)9-17(6-7-17)12-21-13(2)3/h13,15-16H,4-12H2,1-3H3. The highest BCUT2D eigenvalue weighted by molar-refractivity contribution is 5.09. The molecule has 2 aliphatic rings. The van der Waals surface area contributed by atoms with Crippen molar-refractivity contribution in [2.24, 2.45) is 17.3 Å². The van der Waals surface area contributed by atoms with Crippen LogP contribution in [0.1, 0.15) is 65.7 Å². The maximum absolute atomic E-state index is 13.6. The van der Waals surface area contributed by atoms with E-state index in [4.69, 9.17) is 4.74 Å². The predicted octanol–water partition coefficient (Wildman–Crippen LogP) is 5.60. The lowest BCUT2D eigenvalue weighted by atomic mass is 9.85. The lowest BCUT2D eigenvalue weighted by Crippen LogP contribution is -2.16. The van der Waals surface area contributed by atoms with Crippen LogP contribution in [0.15, 0.2) is 12.2 Å². The fourth-order valence-electron chi connectivity index (χ4n) is 3.77. The number of rotatable bonds is 8. The summed E-state index contributed by atoms with van der Waals surface area (Å²) in [5, 5.41) is 0. The van der Waals surface area contributed by atoms with Crippen LogP contribution in [-0.4, -0.2) is 18.6 Å². The summed E-state index contributed by atoms with van der Waals surface area (Å²) in [7, 11) is 0. The van der Waals surface area contributed by atoms with Crippen LogP contribution in [-0.2, 0) is 4.74 Å². The van der Waals surface area contributed by atoms with Crippen molar-refractivity contribution in [3.63, 3.8) is 0 Å². The molecule has 2 unspecified atom stereocenters. The van der Waals surface area contributed by atoms with Crippen LogP contribution < -0.4 is 0 Å². The van der Waals surface area contributed by atoms with E-state index in [2.05, 4.69) is 20.4 Å². The molecule has 0 bridgehead atoms. The Morgan fingerprint density at radius 1 is 1.24 bits per heavy atom. The van der Waals surface area contributed by atoms with Crippen molar-refractivity contribution in [1.82, 2.24) is 0 Å². The second-order valence-corrected chi connectivity index (χ2v) is 7.68. The van der Waals surface area contributed by atoms with Crippen LogP contribution in [0.3, 0.4) is 0 Å². The van der Waals surface area contributed by atoms with Crippen LogP contribution in [0.2, 0.25) is 0 Å². The van der Waals surface area contributed by atoms with Gasteiger partial charge in [0.25, 0.3) is 0 Å². The molecule has 0 aromatic rings. The molecule has 0 heterocycles. The maximum Gasteiger partial charge on any atom is 0.248 e. The van der Waals surface area contributed by atoms with Gasteiger partial charge < -0.3 is 4.74 Å². The molecule has 0 amide bonds. The summed E-state index contributed by atoms with van der Waals surface area (Å²) in [6.07, 6.45) is 5.36. The average molecular weight is 300 g/mol. The highest BCUT2D eigenvalue weighted by Gasteiger charge is 2.47. The summed E-state index contributed by atoms with van der Waals surface area (Å²) in [6.45, 7) is 11.1. The van der Waals surface area contributed by atoms with Gasteiger partial charge in [0, 0.05) is 12.8 Å². The van der Waals surface area contributed by atoms with Gasteiger partial charge in [-0.3, -0.25) is 0 Å². The molecule has 0 saturated heterocycles. The van der Waals surface area contributed by atoms with E-state index in [0.717, 1.165) is 31.4 Å². The number of allylic oxidation sites excluding steroid dienone is 1.